The van der Waals surface area contributed by atoms with E-state index < -0.39 is 0 Å². The molecule has 0 atom stereocenters. The fraction of sp³-hybridized carbons (Fsp3) is 0. The second kappa shape index (κ2) is 2.65. The summed E-state index contributed by atoms with van der Waals surface area (Å²) in [6, 6.07) is 1.84. The quantitative estimate of drug-likeness (QED) is 0.557. The molecule has 0 aliphatic heterocycles. The van der Waals surface area contributed by atoms with E-state index in [1.807, 2.05) is 6.07 Å². The highest BCUT2D eigenvalue weighted by Gasteiger charge is 1.86. The van der Waals surface area contributed by atoms with Crippen LogP contribution in [-0.4, -0.2) is 4.98 Å². The summed E-state index contributed by atoms with van der Waals surface area (Å²) in [5.41, 5.74) is 0.796. The van der Waals surface area contributed by atoms with Crippen LogP contribution >= 0.6 is 15.9 Å². The second-order valence-corrected chi connectivity index (χ2v) is 2.45. The van der Waals surface area contributed by atoms with Crippen LogP contribution in [0.25, 0.3) is 0 Å². The molecule has 44 valence electrons. The molecule has 0 spiro atoms. The zero-order valence-corrected chi connectivity index (χ0v) is 6.22. The van der Waals surface area contributed by atoms with Crippen LogP contribution < -0.4 is 0 Å². The van der Waals surface area contributed by atoms with Crippen LogP contribution in [0.3, 0.4) is 0 Å². The van der Waals surface area contributed by atoms with Gasteiger partial charge in [0.15, 0.2) is 0 Å². The minimum Gasteiger partial charge on any atom is -0.262 e. The van der Waals surface area contributed by atoms with Crippen LogP contribution in [0.1, 0.15) is 5.56 Å². The van der Waals surface area contributed by atoms with Crippen molar-refractivity contribution in [3.05, 3.63) is 28.5 Å². The lowest BCUT2D eigenvalue weighted by atomic mass is 10.3. The molecule has 0 radical (unpaired) electrons. The monoisotopic (exact) mass is 181 g/mol. The average Bonchev–Trinajstić information content (AvgIpc) is 1.88. The van der Waals surface area contributed by atoms with Gasteiger partial charge in [-0.2, -0.15) is 0 Å². The van der Waals surface area contributed by atoms with Crippen molar-refractivity contribution < 1.29 is 0 Å². The Morgan fingerprint density at radius 2 is 2.33 bits per heavy atom. The van der Waals surface area contributed by atoms with Gasteiger partial charge >= 0.3 is 0 Å². The zero-order valence-electron chi connectivity index (χ0n) is 4.63. The van der Waals surface area contributed by atoms with Crippen molar-refractivity contribution in [3.8, 4) is 12.3 Å². The Labute approximate surface area is 62.2 Å². The molecule has 1 aromatic rings. The highest BCUT2D eigenvalue weighted by molar-refractivity contribution is 9.10. The van der Waals surface area contributed by atoms with Gasteiger partial charge in [0.25, 0.3) is 0 Å². The number of hydrogen-bond donors (Lipinski definition) is 0. The number of hydrogen-bond acceptors (Lipinski definition) is 1. The Bertz CT molecular complexity index is 249. The van der Waals surface area contributed by atoms with Crippen molar-refractivity contribution in [2.24, 2.45) is 0 Å². The summed E-state index contributed by atoms with van der Waals surface area (Å²) in [7, 11) is 0. The van der Waals surface area contributed by atoms with E-state index in [1.54, 1.807) is 12.4 Å². The predicted molar refractivity (Wildman–Crippen MR) is 39.9 cm³/mol. The summed E-state index contributed by atoms with van der Waals surface area (Å²) in [5, 5.41) is 0. The van der Waals surface area contributed by atoms with Crippen LogP contribution in [0.2, 0.25) is 0 Å². The molecule has 0 N–H and O–H groups in total. The third-order valence-corrected chi connectivity index (χ3v) is 1.31. The molecule has 0 aliphatic rings. The summed E-state index contributed by atoms with van der Waals surface area (Å²) in [5.74, 6) is 2.48. The highest BCUT2D eigenvalue weighted by atomic mass is 79.9. The first-order chi connectivity index (χ1) is 4.33. The Balaban J connectivity index is 3.12. The Kier molecular flexibility index (Phi) is 1.86. The molecule has 0 bridgehead atoms. The van der Waals surface area contributed by atoms with Gasteiger partial charge < -0.3 is 0 Å². The number of aromatic nitrogens is 1. The average molecular weight is 182 g/mol. The smallest absolute Gasteiger partial charge is 0.0437 e. The van der Waals surface area contributed by atoms with Crippen LogP contribution in [0.5, 0.6) is 0 Å². The van der Waals surface area contributed by atoms with E-state index in [1.165, 1.54) is 0 Å². The van der Waals surface area contributed by atoms with E-state index >= 15 is 0 Å². The summed E-state index contributed by atoms with van der Waals surface area (Å²) in [4.78, 5) is 3.87. The van der Waals surface area contributed by atoms with Gasteiger partial charge in [-0.15, -0.1) is 6.42 Å². The van der Waals surface area contributed by atoms with E-state index in [9.17, 15) is 0 Å². The normalized spacial score (nSPS) is 8.44. The number of terminal acetylenes is 1. The zero-order chi connectivity index (χ0) is 6.69. The maximum Gasteiger partial charge on any atom is 0.0437 e. The Morgan fingerprint density at radius 1 is 1.56 bits per heavy atom. The largest absolute Gasteiger partial charge is 0.262 e. The van der Waals surface area contributed by atoms with E-state index in [4.69, 9.17) is 6.42 Å². The topological polar surface area (TPSA) is 12.9 Å². The number of halogens is 1. The van der Waals surface area contributed by atoms with Gasteiger partial charge in [-0.3, -0.25) is 4.98 Å². The van der Waals surface area contributed by atoms with Gasteiger partial charge in [0.1, 0.15) is 0 Å². The van der Waals surface area contributed by atoms with Crippen LogP contribution in [0, 0.1) is 12.3 Å². The van der Waals surface area contributed by atoms with Gasteiger partial charge in [-0.1, -0.05) is 5.92 Å². The number of nitrogens with zero attached hydrogens (tertiary/aromatic N) is 1. The maximum absolute atomic E-state index is 5.11. The fourth-order valence-electron chi connectivity index (χ4n) is 0.491. The molecule has 2 heteroatoms. The third kappa shape index (κ3) is 1.55. The molecular weight excluding hydrogens is 178 g/mol. The molecule has 0 unspecified atom stereocenters. The van der Waals surface area contributed by atoms with Gasteiger partial charge in [0.2, 0.25) is 0 Å². The third-order valence-electron chi connectivity index (χ3n) is 0.872. The Hall–Kier alpha value is -0.810. The van der Waals surface area contributed by atoms with E-state index in [2.05, 4.69) is 26.8 Å². The molecule has 0 fully saturated rings. The number of pyridine rings is 1. The summed E-state index contributed by atoms with van der Waals surface area (Å²) in [6.07, 6.45) is 8.45. The van der Waals surface area contributed by atoms with Gasteiger partial charge in [-0.05, 0) is 22.0 Å². The first kappa shape index (κ1) is 6.31. The standard InChI is InChI=1S/C7H4BrN/c1-2-6-3-7(8)5-9-4-6/h1,3-5H. The highest BCUT2D eigenvalue weighted by Crippen LogP contribution is 2.07. The number of rotatable bonds is 0. The molecule has 1 aromatic heterocycles. The molecule has 0 amide bonds. The minimum atomic E-state index is 0.796. The van der Waals surface area contributed by atoms with Gasteiger partial charge in [0.05, 0.1) is 0 Å². The summed E-state index contributed by atoms with van der Waals surface area (Å²) >= 11 is 3.24. The van der Waals surface area contributed by atoms with Gasteiger partial charge in [-0.25, -0.2) is 0 Å². The van der Waals surface area contributed by atoms with E-state index in [0.717, 1.165) is 10.0 Å². The Morgan fingerprint density at radius 3 is 2.78 bits per heavy atom. The SMILES string of the molecule is C#Cc1cncc(Br)c1. The molecule has 9 heavy (non-hydrogen) atoms. The van der Waals surface area contributed by atoms with Gasteiger partial charge in [0, 0.05) is 22.4 Å². The molecule has 0 aromatic carbocycles. The fourth-order valence-corrected chi connectivity index (χ4v) is 0.856. The predicted octanol–water partition coefficient (Wildman–Crippen LogP) is 1.83. The lowest BCUT2D eigenvalue weighted by Crippen LogP contribution is -1.75. The second-order valence-electron chi connectivity index (χ2n) is 1.54. The van der Waals surface area contributed by atoms with Crippen molar-refractivity contribution in [1.82, 2.24) is 4.98 Å². The first-order valence-electron chi connectivity index (χ1n) is 2.40. The molecule has 0 saturated carbocycles. The summed E-state index contributed by atoms with van der Waals surface area (Å²) in [6.45, 7) is 0. The van der Waals surface area contributed by atoms with Crippen molar-refractivity contribution >= 4 is 15.9 Å². The van der Waals surface area contributed by atoms with Crippen molar-refractivity contribution in [1.29, 1.82) is 0 Å². The van der Waals surface area contributed by atoms with Crippen molar-refractivity contribution in [2.45, 2.75) is 0 Å². The molecule has 0 aliphatic carbocycles. The maximum atomic E-state index is 5.11. The lowest BCUT2D eigenvalue weighted by molar-refractivity contribution is 1.29. The van der Waals surface area contributed by atoms with Crippen molar-refractivity contribution in [2.75, 3.05) is 0 Å². The molecular formula is C7H4BrN. The van der Waals surface area contributed by atoms with Crippen molar-refractivity contribution in [3.63, 3.8) is 0 Å². The molecule has 0 saturated heterocycles. The summed E-state index contributed by atoms with van der Waals surface area (Å²) < 4.78 is 0.915. The van der Waals surface area contributed by atoms with Crippen LogP contribution in [0.4, 0.5) is 0 Å². The van der Waals surface area contributed by atoms with E-state index in [-0.39, 0.29) is 0 Å². The first-order valence-corrected chi connectivity index (χ1v) is 3.19. The molecule has 1 nitrogen and oxygen atoms in total. The van der Waals surface area contributed by atoms with Crippen LogP contribution in [0.15, 0.2) is 22.9 Å². The molecule has 1 rings (SSSR count). The molecule has 1 heterocycles. The minimum absolute atomic E-state index is 0.796. The van der Waals surface area contributed by atoms with E-state index in [0.29, 0.717) is 0 Å². The lowest BCUT2D eigenvalue weighted by Gasteiger charge is -1.87. The van der Waals surface area contributed by atoms with Crippen LogP contribution in [-0.2, 0) is 0 Å².